The number of likely N-dealkylation sites (tertiary alicyclic amines) is 1. The predicted molar refractivity (Wildman–Crippen MR) is 104 cm³/mol. The van der Waals surface area contributed by atoms with E-state index in [-0.39, 0.29) is 17.9 Å². The maximum atomic E-state index is 12.7. The summed E-state index contributed by atoms with van der Waals surface area (Å²) in [6, 6.07) is 3.56. The van der Waals surface area contributed by atoms with Crippen LogP contribution in [0.2, 0.25) is 0 Å². The fourth-order valence-electron chi connectivity index (χ4n) is 4.84. The van der Waals surface area contributed by atoms with E-state index in [2.05, 4.69) is 15.2 Å². The molecule has 0 radical (unpaired) electrons. The van der Waals surface area contributed by atoms with Gasteiger partial charge in [0.1, 0.15) is 11.3 Å². The third kappa shape index (κ3) is 3.39. The number of nitrogens with zero attached hydrogens (tertiary/aromatic N) is 3. The van der Waals surface area contributed by atoms with E-state index < -0.39 is 0 Å². The van der Waals surface area contributed by atoms with Crippen LogP contribution in [-0.4, -0.2) is 65.4 Å². The molecule has 148 valence electrons. The Kier molecular flexibility index (Phi) is 4.55. The number of fused-ring (bicyclic) bond motifs is 3. The summed E-state index contributed by atoms with van der Waals surface area (Å²) < 4.78 is 5.79. The maximum absolute atomic E-state index is 12.7. The van der Waals surface area contributed by atoms with Gasteiger partial charge in [-0.1, -0.05) is 0 Å². The third-order valence-corrected chi connectivity index (χ3v) is 6.29. The number of hydrogen-bond acceptors (Lipinski definition) is 5. The number of carbonyl (C=O) groups is 2. The molecule has 1 N–H and O–H groups in total. The first-order chi connectivity index (χ1) is 13.7. The van der Waals surface area contributed by atoms with E-state index in [0.29, 0.717) is 23.0 Å². The van der Waals surface area contributed by atoms with Crippen molar-refractivity contribution in [2.45, 2.75) is 38.1 Å². The van der Waals surface area contributed by atoms with Gasteiger partial charge in [-0.25, -0.2) is 0 Å². The first kappa shape index (κ1) is 17.7. The van der Waals surface area contributed by atoms with Crippen LogP contribution in [0, 0.1) is 5.92 Å². The Labute approximate surface area is 164 Å². The number of hydrogen-bond donors (Lipinski definition) is 1. The Balaban J connectivity index is 1.30. The van der Waals surface area contributed by atoms with Gasteiger partial charge in [-0.3, -0.25) is 14.6 Å². The standard InChI is InChI=1S/C21H26N4O3/c26-20(23-16-8-14-4-7-24(12-14)13-16)17-10-18-15(11-22-17)9-19(28-18)21(27)25-5-2-1-3-6-25/h9-11,14,16H,1-8,12-13H2,(H,23,26)/t14?,16-/m1/s1. The molecule has 0 aliphatic carbocycles. The number of nitrogens with one attached hydrogen (secondary N) is 1. The Morgan fingerprint density at radius 3 is 2.79 bits per heavy atom. The molecule has 2 amide bonds. The maximum Gasteiger partial charge on any atom is 0.289 e. The fraction of sp³-hybridized carbons (Fsp3) is 0.571. The van der Waals surface area contributed by atoms with Gasteiger partial charge in [0, 0.05) is 49.9 Å². The summed E-state index contributed by atoms with van der Waals surface area (Å²) in [4.78, 5) is 33.9. The van der Waals surface area contributed by atoms with Crippen LogP contribution in [-0.2, 0) is 0 Å². The van der Waals surface area contributed by atoms with Gasteiger partial charge >= 0.3 is 0 Å². The van der Waals surface area contributed by atoms with Crippen molar-refractivity contribution in [1.29, 1.82) is 0 Å². The van der Waals surface area contributed by atoms with Crippen LogP contribution in [0.3, 0.4) is 0 Å². The Morgan fingerprint density at radius 2 is 1.96 bits per heavy atom. The Hall–Kier alpha value is -2.41. The SMILES string of the molecule is O=C(N[C@@H]1CC2CCN(C2)C1)c1cc2oc(C(=O)N3CCCCC3)cc2cn1. The van der Waals surface area contributed by atoms with Crippen molar-refractivity contribution in [2.75, 3.05) is 32.7 Å². The molecular formula is C21H26N4O3. The van der Waals surface area contributed by atoms with Gasteiger partial charge in [-0.2, -0.15) is 0 Å². The second kappa shape index (κ2) is 7.20. The average Bonchev–Trinajstić information content (AvgIpc) is 3.30. The van der Waals surface area contributed by atoms with Crippen molar-refractivity contribution in [1.82, 2.24) is 20.1 Å². The number of carbonyl (C=O) groups excluding carboxylic acids is 2. The number of aromatic nitrogens is 1. The van der Waals surface area contributed by atoms with Crippen molar-refractivity contribution in [3.8, 4) is 0 Å². The second-order valence-corrected chi connectivity index (χ2v) is 8.39. The first-order valence-electron chi connectivity index (χ1n) is 10.4. The minimum atomic E-state index is -0.172. The quantitative estimate of drug-likeness (QED) is 0.881. The highest BCUT2D eigenvalue weighted by Gasteiger charge is 2.33. The zero-order chi connectivity index (χ0) is 19.1. The van der Waals surface area contributed by atoms with Crippen molar-refractivity contribution < 1.29 is 14.0 Å². The average molecular weight is 382 g/mol. The third-order valence-electron chi connectivity index (χ3n) is 6.29. The largest absolute Gasteiger partial charge is 0.451 e. The van der Waals surface area contributed by atoms with Crippen LogP contribution in [0.1, 0.15) is 53.1 Å². The summed E-state index contributed by atoms with van der Waals surface area (Å²) in [7, 11) is 0. The van der Waals surface area contributed by atoms with Crippen molar-refractivity contribution in [3.05, 3.63) is 29.8 Å². The normalized spacial score (nSPS) is 27.1. The molecule has 3 fully saturated rings. The zero-order valence-electron chi connectivity index (χ0n) is 16.0. The molecule has 0 spiro atoms. The van der Waals surface area contributed by atoms with E-state index in [1.54, 1.807) is 18.3 Å². The molecule has 28 heavy (non-hydrogen) atoms. The van der Waals surface area contributed by atoms with Crippen molar-refractivity contribution >= 4 is 22.8 Å². The van der Waals surface area contributed by atoms with Gasteiger partial charge in [0.05, 0.1) is 0 Å². The van der Waals surface area contributed by atoms with Gasteiger partial charge in [0.15, 0.2) is 5.76 Å². The van der Waals surface area contributed by atoms with Gasteiger partial charge in [-0.05, 0) is 50.6 Å². The number of pyridine rings is 1. The van der Waals surface area contributed by atoms with E-state index >= 15 is 0 Å². The van der Waals surface area contributed by atoms with E-state index in [4.69, 9.17) is 4.42 Å². The highest BCUT2D eigenvalue weighted by molar-refractivity contribution is 5.98. The minimum absolute atomic E-state index is 0.0753. The van der Waals surface area contributed by atoms with Crippen molar-refractivity contribution in [3.63, 3.8) is 0 Å². The van der Waals surface area contributed by atoms with Gasteiger partial charge in [0.2, 0.25) is 0 Å². The number of rotatable bonds is 3. The Bertz CT molecular complexity index is 890. The molecule has 2 aromatic rings. The molecule has 0 saturated carbocycles. The van der Waals surface area contributed by atoms with E-state index in [1.165, 1.54) is 12.8 Å². The molecule has 3 atom stereocenters. The lowest BCUT2D eigenvalue weighted by Crippen LogP contribution is -2.47. The van der Waals surface area contributed by atoms with Crippen LogP contribution in [0.5, 0.6) is 0 Å². The van der Waals surface area contributed by atoms with Crippen molar-refractivity contribution in [2.24, 2.45) is 5.92 Å². The highest BCUT2D eigenvalue weighted by atomic mass is 16.3. The summed E-state index contributed by atoms with van der Waals surface area (Å²) in [6.07, 6.45) is 7.14. The molecule has 2 aromatic heterocycles. The Morgan fingerprint density at radius 1 is 1.11 bits per heavy atom. The molecule has 0 aromatic carbocycles. The first-order valence-corrected chi connectivity index (χ1v) is 10.4. The molecule has 3 saturated heterocycles. The monoisotopic (exact) mass is 382 g/mol. The van der Waals surface area contributed by atoms with Crippen LogP contribution < -0.4 is 5.32 Å². The highest BCUT2D eigenvalue weighted by Crippen LogP contribution is 2.27. The lowest BCUT2D eigenvalue weighted by Gasteiger charge is -2.30. The van der Waals surface area contributed by atoms with Gasteiger partial charge in [-0.15, -0.1) is 0 Å². The number of piperidine rings is 2. The summed E-state index contributed by atoms with van der Waals surface area (Å²) in [5, 5.41) is 3.87. The second-order valence-electron chi connectivity index (χ2n) is 8.39. The van der Waals surface area contributed by atoms with Crippen LogP contribution in [0.15, 0.2) is 22.7 Å². The van der Waals surface area contributed by atoms with Crippen LogP contribution in [0.4, 0.5) is 0 Å². The van der Waals surface area contributed by atoms with Crippen LogP contribution in [0.25, 0.3) is 11.0 Å². The lowest BCUT2D eigenvalue weighted by atomic mass is 9.97. The summed E-state index contributed by atoms with van der Waals surface area (Å²) in [6.45, 7) is 4.78. The predicted octanol–water partition coefficient (Wildman–Crippen LogP) is 2.28. The van der Waals surface area contributed by atoms with Crippen LogP contribution >= 0.6 is 0 Å². The molecule has 3 aliphatic rings. The topological polar surface area (TPSA) is 78.7 Å². The molecule has 2 unspecified atom stereocenters. The molecule has 7 nitrogen and oxygen atoms in total. The van der Waals surface area contributed by atoms with E-state index in [9.17, 15) is 9.59 Å². The molecule has 5 heterocycles. The molecule has 2 bridgehead atoms. The molecule has 3 aliphatic heterocycles. The zero-order valence-corrected chi connectivity index (χ0v) is 16.0. The lowest BCUT2D eigenvalue weighted by molar-refractivity contribution is 0.0694. The summed E-state index contributed by atoms with van der Waals surface area (Å²) in [5.41, 5.74) is 0.875. The van der Waals surface area contributed by atoms with Gasteiger partial charge < -0.3 is 19.5 Å². The number of amides is 2. The van der Waals surface area contributed by atoms with Gasteiger partial charge in [0.25, 0.3) is 11.8 Å². The van der Waals surface area contributed by atoms with E-state index in [0.717, 1.165) is 57.4 Å². The number of furan rings is 1. The smallest absolute Gasteiger partial charge is 0.289 e. The molecule has 7 heteroatoms. The summed E-state index contributed by atoms with van der Waals surface area (Å²) in [5.74, 6) is 0.777. The minimum Gasteiger partial charge on any atom is -0.451 e. The fourth-order valence-corrected chi connectivity index (χ4v) is 4.84. The molecule has 5 rings (SSSR count). The summed E-state index contributed by atoms with van der Waals surface area (Å²) >= 11 is 0. The molecular weight excluding hydrogens is 356 g/mol. The van der Waals surface area contributed by atoms with E-state index in [1.807, 2.05) is 4.90 Å².